The van der Waals surface area contributed by atoms with E-state index in [0.717, 1.165) is 0 Å². The molecule has 1 heterocycles. The molecule has 0 aliphatic carbocycles. The van der Waals surface area contributed by atoms with Crippen LogP contribution in [0, 0.1) is 0 Å². The third-order valence-corrected chi connectivity index (χ3v) is 5.53. The lowest BCUT2D eigenvalue weighted by Crippen LogP contribution is -2.33. The maximum Gasteiger partial charge on any atom is 0.169 e. The van der Waals surface area contributed by atoms with Gasteiger partial charge in [0.05, 0.1) is 0 Å². The van der Waals surface area contributed by atoms with Crippen LogP contribution in [0.2, 0.25) is 0 Å². The summed E-state index contributed by atoms with van der Waals surface area (Å²) in [6.45, 7) is 10.3. The Balaban J connectivity index is 1.89. The minimum Gasteiger partial charge on any atom is -0.205 e. The summed E-state index contributed by atoms with van der Waals surface area (Å²) in [5.41, 5.74) is 1.68. The average molecular weight is 361 g/mol. The van der Waals surface area contributed by atoms with Crippen molar-refractivity contribution >= 4 is 0 Å². The molecule has 0 bridgehead atoms. The molecule has 0 saturated heterocycles. The topological polar surface area (TPSA) is 3.88 Å². The number of nitrogens with zero attached hydrogens (tertiary/aromatic N) is 1. The third-order valence-electron chi connectivity index (χ3n) is 5.53. The van der Waals surface area contributed by atoms with E-state index in [9.17, 15) is 0 Å². The highest BCUT2D eigenvalue weighted by Gasteiger charge is 2.14. The lowest BCUT2D eigenvalue weighted by molar-refractivity contribution is -0.697. The van der Waals surface area contributed by atoms with Gasteiger partial charge in [-0.2, -0.15) is 0 Å². The molecule has 0 spiro atoms. The fraction of sp³-hybridized carbons (Fsp3) is 0.800. The number of aryl methyl sites for hydroxylation is 1. The predicted octanol–water partition coefficient (Wildman–Crippen LogP) is 7.75. The lowest BCUT2D eigenvalue weighted by atomic mass is 9.88. The van der Waals surface area contributed by atoms with Gasteiger partial charge in [0.25, 0.3) is 0 Å². The molecule has 26 heavy (non-hydrogen) atoms. The predicted molar refractivity (Wildman–Crippen MR) is 116 cm³/mol. The molecule has 1 nitrogen and oxygen atoms in total. The number of pyridine rings is 1. The van der Waals surface area contributed by atoms with Crippen molar-refractivity contribution in [1.82, 2.24) is 0 Å². The van der Waals surface area contributed by atoms with E-state index in [1.54, 1.807) is 0 Å². The summed E-state index contributed by atoms with van der Waals surface area (Å²) in [6.07, 6.45) is 24.5. The van der Waals surface area contributed by atoms with Crippen LogP contribution in [-0.2, 0) is 12.0 Å². The monoisotopic (exact) mass is 360 g/mol. The highest BCUT2D eigenvalue weighted by Crippen LogP contribution is 2.20. The molecular formula is C25H46N+. The van der Waals surface area contributed by atoms with Gasteiger partial charge in [-0.15, -0.1) is 0 Å². The first-order chi connectivity index (χ1) is 12.5. The van der Waals surface area contributed by atoms with Crippen molar-refractivity contribution in [1.29, 1.82) is 0 Å². The van der Waals surface area contributed by atoms with Crippen LogP contribution in [0.1, 0.15) is 123 Å². The largest absolute Gasteiger partial charge is 0.205 e. The first-order valence-electron chi connectivity index (χ1n) is 11.5. The number of hydrogen-bond acceptors (Lipinski definition) is 0. The maximum absolute atomic E-state index is 2.34. The van der Waals surface area contributed by atoms with E-state index in [-0.39, 0.29) is 5.41 Å². The Morgan fingerprint density at radius 1 is 0.615 bits per heavy atom. The molecule has 0 aliphatic heterocycles. The molecule has 0 amide bonds. The van der Waals surface area contributed by atoms with Crippen LogP contribution in [-0.4, -0.2) is 0 Å². The van der Waals surface area contributed by atoms with Gasteiger partial charge in [-0.25, -0.2) is 4.57 Å². The summed E-state index contributed by atoms with van der Waals surface area (Å²) in [4.78, 5) is 0. The number of rotatable bonds is 15. The van der Waals surface area contributed by atoms with Gasteiger partial charge >= 0.3 is 0 Å². The number of unbranched alkanes of at least 4 members (excludes halogenated alkanes) is 13. The van der Waals surface area contributed by atoms with Gasteiger partial charge in [0.15, 0.2) is 12.4 Å². The van der Waals surface area contributed by atoms with Crippen molar-refractivity contribution in [3.63, 3.8) is 0 Å². The van der Waals surface area contributed by atoms with E-state index in [1.165, 1.54) is 102 Å². The van der Waals surface area contributed by atoms with Crippen molar-refractivity contribution in [2.45, 2.75) is 130 Å². The van der Waals surface area contributed by atoms with Crippen LogP contribution in [0.15, 0.2) is 24.5 Å². The summed E-state index contributed by atoms with van der Waals surface area (Å²) in [6, 6.07) is 4.56. The fourth-order valence-electron chi connectivity index (χ4n) is 3.60. The minimum atomic E-state index is 0.258. The van der Waals surface area contributed by atoms with E-state index in [0.29, 0.717) is 0 Å². The quantitative estimate of drug-likeness (QED) is 0.222. The van der Waals surface area contributed by atoms with Crippen LogP contribution < -0.4 is 4.57 Å². The molecule has 0 radical (unpaired) electrons. The van der Waals surface area contributed by atoms with E-state index < -0.39 is 0 Å². The van der Waals surface area contributed by atoms with Crippen LogP contribution in [0.3, 0.4) is 0 Å². The van der Waals surface area contributed by atoms with Gasteiger partial charge in [0.2, 0.25) is 0 Å². The smallest absolute Gasteiger partial charge is 0.169 e. The Labute approximate surface area is 164 Å². The molecular weight excluding hydrogens is 314 g/mol. The molecule has 1 rings (SSSR count). The normalized spacial score (nSPS) is 11.8. The zero-order valence-corrected chi connectivity index (χ0v) is 18.4. The van der Waals surface area contributed by atoms with Crippen molar-refractivity contribution in [3.8, 4) is 0 Å². The molecule has 0 saturated carbocycles. The van der Waals surface area contributed by atoms with Crippen molar-refractivity contribution in [2.75, 3.05) is 0 Å². The second-order valence-corrected chi connectivity index (χ2v) is 9.17. The van der Waals surface area contributed by atoms with E-state index in [1.807, 2.05) is 0 Å². The minimum absolute atomic E-state index is 0.258. The molecule has 150 valence electrons. The Kier molecular flexibility index (Phi) is 12.7. The van der Waals surface area contributed by atoms with Gasteiger partial charge in [-0.1, -0.05) is 105 Å². The van der Waals surface area contributed by atoms with E-state index >= 15 is 0 Å². The molecule has 0 fully saturated rings. The second kappa shape index (κ2) is 14.2. The Morgan fingerprint density at radius 2 is 1.00 bits per heavy atom. The number of hydrogen-bond donors (Lipinski definition) is 0. The standard InChI is InChI=1S/C25H46N/c1-5-6-7-8-9-10-11-12-13-14-15-16-17-18-21-26-22-19-24(20-23-26)25(2,3)4/h19-20,22-23H,5-18,21H2,1-4H3/q+1. The molecule has 0 aliphatic rings. The molecule has 0 aromatic carbocycles. The SMILES string of the molecule is CCCCCCCCCCCCCCCC[n+]1ccc(C(C)(C)C)cc1. The van der Waals surface area contributed by atoms with E-state index in [4.69, 9.17) is 0 Å². The molecule has 0 N–H and O–H groups in total. The molecule has 1 aromatic heterocycles. The third kappa shape index (κ3) is 11.7. The Hall–Kier alpha value is -0.850. The number of aromatic nitrogens is 1. The van der Waals surface area contributed by atoms with Gasteiger partial charge in [0, 0.05) is 18.6 Å². The summed E-state index contributed by atoms with van der Waals surface area (Å²) in [5, 5.41) is 0. The molecule has 1 heteroatoms. The van der Waals surface area contributed by atoms with Gasteiger partial charge in [0.1, 0.15) is 6.54 Å². The highest BCUT2D eigenvalue weighted by atomic mass is 14.9. The maximum atomic E-state index is 2.34. The zero-order valence-electron chi connectivity index (χ0n) is 18.4. The molecule has 0 atom stereocenters. The van der Waals surface area contributed by atoms with Gasteiger partial charge < -0.3 is 0 Å². The Bertz CT molecular complexity index is 426. The van der Waals surface area contributed by atoms with Crippen molar-refractivity contribution in [3.05, 3.63) is 30.1 Å². The molecule has 1 aromatic rings. The van der Waals surface area contributed by atoms with Crippen LogP contribution >= 0.6 is 0 Å². The van der Waals surface area contributed by atoms with Crippen LogP contribution in [0.5, 0.6) is 0 Å². The van der Waals surface area contributed by atoms with Crippen molar-refractivity contribution < 1.29 is 4.57 Å². The highest BCUT2D eigenvalue weighted by molar-refractivity contribution is 5.17. The van der Waals surface area contributed by atoms with Crippen LogP contribution in [0.25, 0.3) is 0 Å². The fourth-order valence-corrected chi connectivity index (χ4v) is 3.60. The van der Waals surface area contributed by atoms with Gasteiger partial charge in [-0.05, 0) is 17.4 Å². The van der Waals surface area contributed by atoms with Gasteiger partial charge in [-0.3, -0.25) is 0 Å². The summed E-state index contributed by atoms with van der Waals surface area (Å²) >= 11 is 0. The average Bonchev–Trinajstić information content (AvgIpc) is 2.61. The summed E-state index contributed by atoms with van der Waals surface area (Å²) < 4.78 is 2.34. The Morgan fingerprint density at radius 3 is 1.38 bits per heavy atom. The van der Waals surface area contributed by atoms with Crippen molar-refractivity contribution in [2.24, 2.45) is 0 Å². The van der Waals surface area contributed by atoms with Crippen LogP contribution in [0.4, 0.5) is 0 Å². The first-order valence-corrected chi connectivity index (χ1v) is 11.5. The lowest BCUT2D eigenvalue weighted by Gasteiger charge is -2.17. The molecule has 0 unspecified atom stereocenters. The first kappa shape index (κ1) is 23.2. The zero-order chi connectivity index (χ0) is 19.1. The summed E-state index contributed by atoms with van der Waals surface area (Å²) in [5.74, 6) is 0. The second-order valence-electron chi connectivity index (χ2n) is 9.17. The van der Waals surface area contributed by atoms with E-state index in [2.05, 4.69) is 56.8 Å². The summed E-state index contributed by atoms with van der Waals surface area (Å²) in [7, 11) is 0.